The Morgan fingerprint density at radius 3 is 1.76 bits per heavy atom. The molecule has 0 N–H and O–H groups in total. The van der Waals surface area contributed by atoms with Gasteiger partial charge in [0.2, 0.25) is 0 Å². The first-order valence-corrected chi connectivity index (χ1v) is 7.95. The van der Waals surface area contributed by atoms with E-state index in [1.54, 1.807) is 0 Å². The van der Waals surface area contributed by atoms with E-state index >= 15 is 0 Å². The molecule has 0 bridgehead atoms. The van der Waals surface area contributed by atoms with Crippen molar-refractivity contribution in [2.75, 3.05) is 0 Å². The zero-order valence-corrected chi connectivity index (χ0v) is 13.1. The van der Waals surface area contributed by atoms with Crippen molar-refractivity contribution >= 4 is 0 Å². The van der Waals surface area contributed by atoms with E-state index < -0.39 is 0 Å². The predicted molar refractivity (Wildman–Crippen MR) is 80.5 cm³/mol. The van der Waals surface area contributed by atoms with Crippen LogP contribution in [0.3, 0.4) is 0 Å². The summed E-state index contributed by atoms with van der Waals surface area (Å²) in [5, 5.41) is 0. The zero-order chi connectivity index (χ0) is 13.1. The SMILES string of the molecule is CCCCCCC(C)CCCCCC(C)(C)C. The van der Waals surface area contributed by atoms with Crippen LogP contribution in [-0.2, 0) is 0 Å². The Balaban J connectivity index is 3.24. The van der Waals surface area contributed by atoms with Crippen LogP contribution in [0, 0.1) is 11.3 Å². The second kappa shape index (κ2) is 9.97. The van der Waals surface area contributed by atoms with Crippen LogP contribution in [0.25, 0.3) is 0 Å². The van der Waals surface area contributed by atoms with E-state index in [-0.39, 0.29) is 0 Å². The molecule has 0 spiro atoms. The lowest BCUT2D eigenvalue weighted by molar-refractivity contribution is 0.350. The van der Waals surface area contributed by atoms with Crippen LogP contribution in [0.4, 0.5) is 0 Å². The summed E-state index contributed by atoms with van der Waals surface area (Å²) >= 11 is 0. The monoisotopic (exact) mass is 240 g/mol. The minimum atomic E-state index is 0.534. The van der Waals surface area contributed by atoms with Crippen LogP contribution in [0.5, 0.6) is 0 Å². The molecule has 0 aliphatic rings. The third-order valence-electron chi connectivity index (χ3n) is 3.67. The van der Waals surface area contributed by atoms with Gasteiger partial charge in [-0.15, -0.1) is 0 Å². The van der Waals surface area contributed by atoms with E-state index in [0.717, 1.165) is 5.92 Å². The average molecular weight is 240 g/mol. The van der Waals surface area contributed by atoms with Gasteiger partial charge in [-0.25, -0.2) is 0 Å². The Morgan fingerprint density at radius 1 is 0.765 bits per heavy atom. The summed E-state index contributed by atoms with van der Waals surface area (Å²) in [4.78, 5) is 0. The van der Waals surface area contributed by atoms with E-state index in [0.29, 0.717) is 5.41 Å². The van der Waals surface area contributed by atoms with Gasteiger partial charge in [-0.3, -0.25) is 0 Å². The van der Waals surface area contributed by atoms with Gasteiger partial charge in [0.15, 0.2) is 0 Å². The van der Waals surface area contributed by atoms with Gasteiger partial charge in [-0.2, -0.15) is 0 Å². The van der Waals surface area contributed by atoms with Gasteiger partial charge >= 0.3 is 0 Å². The highest BCUT2D eigenvalue weighted by atomic mass is 14.1. The van der Waals surface area contributed by atoms with Gasteiger partial charge in [0.05, 0.1) is 0 Å². The topological polar surface area (TPSA) is 0 Å². The molecule has 0 nitrogen and oxygen atoms in total. The molecule has 0 amide bonds. The first kappa shape index (κ1) is 17.0. The molecule has 0 rings (SSSR count). The van der Waals surface area contributed by atoms with Crippen molar-refractivity contribution in [2.45, 2.75) is 98.8 Å². The van der Waals surface area contributed by atoms with E-state index in [2.05, 4.69) is 34.6 Å². The Kier molecular flexibility index (Phi) is 9.97. The number of hydrogen-bond acceptors (Lipinski definition) is 0. The minimum Gasteiger partial charge on any atom is -0.0654 e. The first-order chi connectivity index (χ1) is 7.95. The Morgan fingerprint density at radius 2 is 1.29 bits per heavy atom. The lowest BCUT2D eigenvalue weighted by Crippen LogP contribution is -2.04. The Labute approximate surface area is 111 Å². The molecule has 0 aliphatic carbocycles. The summed E-state index contributed by atoms with van der Waals surface area (Å²) < 4.78 is 0. The van der Waals surface area contributed by atoms with E-state index in [9.17, 15) is 0 Å². The van der Waals surface area contributed by atoms with E-state index in [4.69, 9.17) is 0 Å². The summed E-state index contributed by atoms with van der Waals surface area (Å²) in [6.45, 7) is 11.8. The lowest BCUT2D eigenvalue weighted by Gasteiger charge is -2.18. The normalized spacial score (nSPS) is 13.9. The molecule has 0 saturated carbocycles. The van der Waals surface area contributed by atoms with Crippen LogP contribution < -0.4 is 0 Å². The fourth-order valence-corrected chi connectivity index (χ4v) is 2.39. The van der Waals surface area contributed by atoms with Crippen molar-refractivity contribution in [1.82, 2.24) is 0 Å². The van der Waals surface area contributed by atoms with Crippen LogP contribution in [0.2, 0.25) is 0 Å². The molecule has 104 valence electrons. The largest absolute Gasteiger partial charge is 0.0654 e. The fraction of sp³-hybridized carbons (Fsp3) is 1.00. The fourth-order valence-electron chi connectivity index (χ4n) is 2.39. The number of unbranched alkanes of at least 4 members (excludes halogenated alkanes) is 5. The predicted octanol–water partition coefficient (Wildman–Crippen LogP) is 6.59. The van der Waals surface area contributed by atoms with Crippen molar-refractivity contribution in [2.24, 2.45) is 11.3 Å². The maximum atomic E-state index is 2.44. The smallest absolute Gasteiger partial charge is 0.0383 e. The molecule has 0 heteroatoms. The minimum absolute atomic E-state index is 0.534. The highest BCUT2D eigenvalue weighted by Gasteiger charge is 2.09. The molecular weight excluding hydrogens is 204 g/mol. The molecule has 0 fully saturated rings. The summed E-state index contributed by atoms with van der Waals surface area (Å²) in [5.74, 6) is 0.960. The maximum Gasteiger partial charge on any atom is -0.0383 e. The van der Waals surface area contributed by atoms with Gasteiger partial charge in [0.1, 0.15) is 0 Å². The second-order valence-electron chi connectivity index (χ2n) is 7.11. The van der Waals surface area contributed by atoms with Gasteiger partial charge in [0, 0.05) is 0 Å². The van der Waals surface area contributed by atoms with Gasteiger partial charge in [0.25, 0.3) is 0 Å². The molecular formula is C17H36. The van der Waals surface area contributed by atoms with E-state index in [1.807, 2.05) is 0 Å². The molecule has 0 saturated heterocycles. The number of rotatable bonds is 10. The van der Waals surface area contributed by atoms with Crippen LogP contribution >= 0.6 is 0 Å². The summed E-state index contributed by atoms with van der Waals surface area (Å²) in [6.07, 6.45) is 14.3. The van der Waals surface area contributed by atoms with Crippen molar-refractivity contribution < 1.29 is 0 Å². The lowest BCUT2D eigenvalue weighted by atomic mass is 9.88. The molecule has 17 heavy (non-hydrogen) atoms. The molecule has 1 atom stereocenters. The first-order valence-electron chi connectivity index (χ1n) is 7.95. The standard InChI is InChI=1S/C17H36/c1-6-7-8-10-13-16(2)14-11-9-12-15-17(3,4)5/h16H,6-15H2,1-5H3. The molecule has 0 radical (unpaired) electrons. The average Bonchev–Trinajstić information content (AvgIpc) is 2.22. The molecule has 0 aliphatic heterocycles. The molecule has 0 aromatic rings. The highest BCUT2D eigenvalue weighted by molar-refractivity contribution is 4.62. The third kappa shape index (κ3) is 13.9. The van der Waals surface area contributed by atoms with Crippen molar-refractivity contribution in [1.29, 1.82) is 0 Å². The summed E-state index contributed by atoms with van der Waals surface area (Å²) in [5.41, 5.74) is 0.534. The van der Waals surface area contributed by atoms with Gasteiger partial charge < -0.3 is 0 Å². The van der Waals surface area contributed by atoms with Crippen molar-refractivity contribution in [3.63, 3.8) is 0 Å². The summed E-state index contributed by atoms with van der Waals surface area (Å²) in [7, 11) is 0. The van der Waals surface area contributed by atoms with Crippen LogP contribution in [0.15, 0.2) is 0 Å². The van der Waals surface area contributed by atoms with E-state index in [1.165, 1.54) is 64.2 Å². The van der Waals surface area contributed by atoms with Gasteiger partial charge in [-0.05, 0) is 17.8 Å². The van der Waals surface area contributed by atoms with Crippen molar-refractivity contribution in [3.8, 4) is 0 Å². The molecule has 0 aromatic carbocycles. The molecule has 0 aromatic heterocycles. The molecule has 0 heterocycles. The molecule has 1 unspecified atom stereocenters. The zero-order valence-electron chi connectivity index (χ0n) is 13.1. The van der Waals surface area contributed by atoms with Crippen molar-refractivity contribution in [3.05, 3.63) is 0 Å². The Bertz CT molecular complexity index is 152. The van der Waals surface area contributed by atoms with Gasteiger partial charge in [-0.1, -0.05) is 92.4 Å². The maximum absolute atomic E-state index is 2.44. The highest BCUT2D eigenvalue weighted by Crippen LogP contribution is 2.23. The quantitative estimate of drug-likeness (QED) is 0.378. The third-order valence-corrected chi connectivity index (χ3v) is 3.67. The summed E-state index contributed by atoms with van der Waals surface area (Å²) in [6, 6.07) is 0. The van der Waals surface area contributed by atoms with Crippen LogP contribution in [-0.4, -0.2) is 0 Å². The Hall–Kier alpha value is 0. The number of hydrogen-bond donors (Lipinski definition) is 0. The van der Waals surface area contributed by atoms with Crippen LogP contribution in [0.1, 0.15) is 98.8 Å². The second-order valence-corrected chi connectivity index (χ2v) is 7.11.